The maximum absolute atomic E-state index is 5.75. The Bertz CT molecular complexity index is 582. The first-order valence-corrected chi connectivity index (χ1v) is 6.91. The van der Waals surface area contributed by atoms with Crippen molar-refractivity contribution in [1.82, 2.24) is 5.43 Å². The van der Waals surface area contributed by atoms with Crippen LogP contribution in [0.2, 0.25) is 0 Å². The Kier molecular flexibility index (Phi) is 5.20. The van der Waals surface area contributed by atoms with Gasteiger partial charge in [-0.1, -0.05) is 29.8 Å². The second-order valence-corrected chi connectivity index (χ2v) is 5.02. The van der Waals surface area contributed by atoms with E-state index in [1.54, 1.807) is 14.2 Å². The summed E-state index contributed by atoms with van der Waals surface area (Å²) in [6.45, 7) is 2.06. The molecule has 4 heteroatoms. The SMILES string of the molecule is COc1ccc(CC(NN)c2cc(C)ccc2OC)cc1. The number of hydrogen-bond acceptors (Lipinski definition) is 4. The summed E-state index contributed by atoms with van der Waals surface area (Å²) in [4.78, 5) is 0. The highest BCUT2D eigenvalue weighted by atomic mass is 16.5. The van der Waals surface area contributed by atoms with E-state index in [0.29, 0.717) is 0 Å². The number of nitrogens with one attached hydrogen (secondary N) is 1. The molecular weight excluding hydrogens is 264 g/mol. The van der Waals surface area contributed by atoms with Gasteiger partial charge in [-0.05, 0) is 37.1 Å². The van der Waals surface area contributed by atoms with E-state index in [4.69, 9.17) is 15.3 Å². The molecule has 1 unspecified atom stereocenters. The zero-order valence-electron chi connectivity index (χ0n) is 12.7. The Hall–Kier alpha value is -2.04. The first kappa shape index (κ1) is 15.4. The average Bonchev–Trinajstić information content (AvgIpc) is 2.53. The minimum atomic E-state index is -0.00625. The molecule has 0 saturated carbocycles. The third-order valence-corrected chi connectivity index (χ3v) is 3.56. The molecule has 112 valence electrons. The van der Waals surface area contributed by atoms with E-state index in [1.807, 2.05) is 36.4 Å². The van der Waals surface area contributed by atoms with Crippen LogP contribution < -0.4 is 20.7 Å². The van der Waals surface area contributed by atoms with Crippen LogP contribution in [-0.2, 0) is 6.42 Å². The van der Waals surface area contributed by atoms with Gasteiger partial charge < -0.3 is 9.47 Å². The van der Waals surface area contributed by atoms with Crippen LogP contribution in [0.15, 0.2) is 42.5 Å². The molecule has 4 nitrogen and oxygen atoms in total. The number of hydrazine groups is 1. The van der Waals surface area contributed by atoms with Crippen molar-refractivity contribution in [2.24, 2.45) is 5.84 Å². The Morgan fingerprint density at radius 3 is 2.33 bits per heavy atom. The van der Waals surface area contributed by atoms with Crippen molar-refractivity contribution >= 4 is 0 Å². The van der Waals surface area contributed by atoms with E-state index < -0.39 is 0 Å². The van der Waals surface area contributed by atoms with Crippen molar-refractivity contribution in [2.75, 3.05) is 14.2 Å². The van der Waals surface area contributed by atoms with Gasteiger partial charge >= 0.3 is 0 Å². The zero-order chi connectivity index (χ0) is 15.2. The van der Waals surface area contributed by atoms with E-state index in [1.165, 1.54) is 11.1 Å². The molecule has 0 aromatic heterocycles. The maximum atomic E-state index is 5.75. The standard InChI is InChI=1S/C17H22N2O2/c1-12-4-9-17(21-3)15(10-12)16(19-18)11-13-5-7-14(20-2)8-6-13/h4-10,16,19H,11,18H2,1-3H3. The minimum absolute atomic E-state index is 0.00625. The molecule has 0 heterocycles. The van der Waals surface area contributed by atoms with Gasteiger partial charge in [-0.3, -0.25) is 11.3 Å². The fraction of sp³-hybridized carbons (Fsp3) is 0.294. The lowest BCUT2D eigenvalue weighted by molar-refractivity contribution is 0.398. The molecule has 21 heavy (non-hydrogen) atoms. The molecule has 0 aliphatic heterocycles. The molecule has 0 saturated heterocycles. The molecule has 0 amide bonds. The van der Waals surface area contributed by atoms with Crippen molar-refractivity contribution in [3.8, 4) is 11.5 Å². The Morgan fingerprint density at radius 1 is 1.05 bits per heavy atom. The van der Waals surface area contributed by atoms with Crippen molar-refractivity contribution in [3.63, 3.8) is 0 Å². The number of rotatable bonds is 6. The molecule has 0 radical (unpaired) electrons. The Labute approximate surface area is 125 Å². The van der Waals surface area contributed by atoms with Gasteiger partial charge in [-0.15, -0.1) is 0 Å². The van der Waals surface area contributed by atoms with Crippen LogP contribution in [0, 0.1) is 6.92 Å². The van der Waals surface area contributed by atoms with E-state index in [0.717, 1.165) is 23.5 Å². The summed E-state index contributed by atoms with van der Waals surface area (Å²) < 4.78 is 10.6. The molecule has 2 aromatic rings. The second kappa shape index (κ2) is 7.11. The van der Waals surface area contributed by atoms with Crippen molar-refractivity contribution in [1.29, 1.82) is 0 Å². The molecule has 0 aliphatic carbocycles. The summed E-state index contributed by atoms with van der Waals surface area (Å²) in [5.74, 6) is 7.45. The minimum Gasteiger partial charge on any atom is -0.497 e. The van der Waals surface area contributed by atoms with Gasteiger partial charge in [0.2, 0.25) is 0 Å². The number of aryl methyl sites for hydroxylation is 1. The van der Waals surface area contributed by atoms with Crippen LogP contribution in [0.5, 0.6) is 11.5 Å². The normalized spacial score (nSPS) is 12.0. The topological polar surface area (TPSA) is 56.5 Å². The third-order valence-electron chi connectivity index (χ3n) is 3.56. The summed E-state index contributed by atoms with van der Waals surface area (Å²) in [6, 6.07) is 14.1. The molecular formula is C17H22N2O2. The van der Waals surface area contributed by atoms with Gasteiger partial charge in [0.25, 0.3) is 0 Å². The quantitative estimate of drug-likeness (QED) is 0.633. The van der Waals surface area contributed by atoms with Crippen LogP contribution in [0.4, 0.5) is 0 Å². The van der Waals surface area contributed by atoms with Gasteiger partial charge in [-0.2, -0.15) is 0 Å². The van der Waals surface area contributed by atoms with Gasteiger partial charge in [0.15, 0.2) is 0 Å². The van der Waals surface area contributed by atoms with Crippen LogP contribution >= 0.6 is 0 Å². The number of nitrogens with two attached hydrogens (primary N) is 1. The van der Waals surface area contributed by atoms with Crippen LogP contribution in [0.1, 0.15) is 22.7 Å². The third kappa shape index (κ3) is 3.74. The van der Waals surface area contributed by atoms with Crippen molar-refractivity contribution < 1.29 is 9.47 Å². The van der Waals surface area contributed by atoms with Crippen molar-refractivity contribution in [3.05, 3.63) is 59.2 Å². The smallest absolute Gasteiger partial charge is 0.123 e. The fourth-order valence-electron chi connectivity index (χ4n) is 2.38. The predicted molar refractivity (Wildman–Crippen MR) is 84.5 cm³/mol. The monoisotopic (exact) mass is 286 g/mol. The number of benzene rings is 2. The number of ether oxygens (including phenoxy) is 2. The number of methoxy groups -OCH3 is 2. The van der Waals surface area contributed by atoms with Crippen LogP contribution in [-0.4, -0.2) is 14.2 Å². The van der Waals surface area contributed by atoms with Gasteiger partial charge in [-0.25, -0.2) is 0 Å². The van der Waals surface area contributed by atoms with Crippen molar-refractivity contribution in [2.45, 2.75) is 19.4 Å². The molecule has 0 aliphatic rings. The molecule has 3 N–H and O–H groups in total. The summed E-state index contributed by atoms with van der Waals surface area (Å²) in [6.07, 6.45) is 0.778. The predicted octanol–water partition coefficient (Wildman–Crippen LogP) is 2.76. The average molecular weight is 286 g/mol. The molecule has 0 spiro atoms. The Morgan fingerprint density at radius 2 is 1.76 bits per heavy atom. The Balaban J connectivity index is 2.24. The van der Waals surface area contributed by atoms with E-state index >= 15 is 0 Å². The fourth-order valence-corrected chi connectivity index (χ4v) is 2.38. The van der Waals surface area contributed by atoms with Gasteiger partial charge in [0.1, 0.15) is 11.5 Å². The van der Waals surface area contributed by atoms with E-state index in [9.17, 15) is 0 Å². The lowest BCUT2D eigenvalue weighted by Crippen LogP contribution is -2.30. The maximum Gasteiger partial charge on any atom is 0.123 e. The van der Waals surface area contributed by atoms with Gasteiger partial charge in [0.05, 0.1) is 20.3 Å². The zero-order valence-corrected chi connectivity index (χ0v) is 12.7. The molecule has 0 bridgehead atoms. The summed E-state index contributed by atoms with van der Waals surface area (Å²) in [5, 5.41) is 0. The van der Waals surface area contributed by atoms with E-state index in [-0.39, 0.29) is 6.04 Å². The highest BCUT2D eigenvalue weighted by Gasteiger charge is 2.15. The lowest BCUT2D eigenvalue weighted by Gasteiger charge is -2.20. The van der Waals surface area contributed by atoms with Gasteiger partial charge in [0, 0.05) is 5.56 Å². The highest BCUT2D eigenvalue weighted by molar-refractivity contribution is 5.40. The molecule has 0 fully saturated rings. The lowest BCUT2D eigenvalue weighted by atomic mass is 9.97. The molecule has 1 atom stereocenters. The first-order valence-electron chi connectivity index (χ1n) is 6.91. The van der Waals surface area contributed by atoms with Crippen LogP contribution in [0.3, 0.4) is 0 Å². The summed E-state index contributed by atoms with van der Waals surface area (Å²) >= 11 is 0. The summed E-state index contributed by atoms with van der Waals surface area (Å²) in [7, 11) is 3.34. The largest absolute Gasteiger partial charge is 0.497 e. The highest BCUT2D eigenvalue weighted by Crippen LogP contribution is 2.28. The number of hydrogen-bond donors (Lipinski definition) is 2. The first-order chi connectivity index (χ1) is 10.2. The van der Waals surface area contributed by atoms with Crippen LogP contribution in [0.25, 0.3) is 0 Å². The second-order valence-electron chi connectivity index (χ2n) is 5.02. The van der Waals surface area contributed by atoms with E-state index in [2.05, 4.69) is 18.4 Å². The molecule has 2 rings (SSSR count). The summed E-state index contributed by atoms with van der Waals surface area (Å²) in [5.41, 5.74) is 6.32. The molecule has 2 aromatic carbocycles.